The summed E-state index contributed by atoms with van der Waals surface area (Å²) in [6.45, 7) is 12.9. The molecule has 0 aliphatic rings. The molecule has 0 aliphatic carbocycles. The Labute approximate surface area is 124 Å². The van der Waals surface area contributed by atoms with E-state index in [0.29, 0.717) is 5.92 Å². The van der Waals surface area contributed by atoms with Crippen LogP contribution in [0.2, 0.25) is 0 Å². The van der Waals surface area contributed by atoms with Crippen LogP contribution in [-0.2, 0) is 11.8 Å². The van der Waals surface area contributed by atoms with Crippen molar-refractivity contribution in [1.82, 2.24) is 0 Å². The number of unbranched alkanes of at least 4 members (excludes halogenated alkanes) is 1. The third-order valence-electron chi connectivity index (χ3n) is 4.25. The van der Waals surface area contributed by atoms with E-state index in [1.165, 1.54) is 24.8 Å². The minimum absolute atomic E-state index is 0.00736. The molecule has 0 saturated heterocycles. The molecule has 0 bridgehead atoms. The molecule has 1 atom stereocenters. The minimum atomic E-state index is 0.00736. The maximum absolute atomic E-state index is 14.4. The predicted octanol–water partition coefficient (Wildman–Crippen LogP) is 6.19. The average molecular weight is 278 g/mol. The molecule has 0 radical (unpaired) electrons. The predicted molar refractivity (Wildman–Crippen MR) is 86.8 cm³/mol. The van der Waals surface area contributed by atoms with Crippen LogP contribution in [0.15, 0.2) is 12.1 Å². The van der Waals surface area contributed by atoms with E-state index in [4.69, 9.17) is 0 Å². The normalized spacial score (nSPS) is 13.6. The quantitative estimate of drug-likeness (QED) is 0.582. The molecule has 1 heteroatoms. The second-order valence-corrected chi connectivity index (χ2v) is 7.14. The first-order valence-electron chi connectivity index (χ1n) is 8.09. The minimum Gasteiger partial charge on any atom is -0.206 e. The third-order valence-corrected chi connectivity index (χ3v) is 4.25. The molecule has 1 aromatic rings. The Bertz CT molecular complexity index is 426. The second-order valence-electron chi connectivity index (χ2n) is 7.14. The largest absolute Gasteiger partial charge is 0.206 e. The van der Waals surface area contributed by atoms with Crippen LogP contribution in [0.3, 0.4) is 0 Å². The molecule has 20 heavy (non-hydrogen) atoms. The Kier molecular flexibility index (Phi) is 6.23. The molecule has 0 spiro atoms. The van der Waals surface area contributed by atoms with E-state index < -0.39 is 0 Å². The van der Waals surface area contributed by atoms with Crippen LogP contribution >= 0.6 is 0 Å². The smallest absolute Gasteiger partial charge is 0.129 e. The highest BCUT2D eigenvalue weighted by molar-refractivity contribution is 5.35. The topological polar surface area (TPSA) is 0 Å². The molecule has 0 saturated carbocycles. The van der Waals surface area contributed by atoms with E-state index in [1.807, 2.05) is 13.0 Å². The Balaban J connectivity index is 3.01. The Morgan fingerprint density at radius 2 is 1.80 bits per heavy atom. The van der Waals surface area contributed by atoms with Crippen LogP contribution in [0.1, 0.15) is 77.0 Å². The highest BCUT2D eigenvalue weighted by atomic mass is 19.1. The third kappa shape index (κ3) is 4.61. The van der Waals surface area contributed by atoms with Crippen molar-refractivity contribution >= 4 is 0 Å². The van der Waals surface area contributed by atoms with E-state index in [9.17, 15) is 4.39 Å². The number of hydrogen-bond donors (Lipinski definition) is 0. The number of hydrogen-bond acceptors (Lipinski definition) is 0. The molecule has 1 aromatic carbocycles. The molecular formula is C19H31F. The first kappa shape index (κ1) is 17.2. The molecule has 0 heterocycles. The van der Waals surface area contributed by atoms with Gasteiger partial charge in [0.25, 0.3) is 0 Å². The standard InChI is InChI=1S/C19H31F/c1-7-9-10-15(8-2)12-16-13-17(19(4,5)6)11-14(3)18(16)20/h11,13,15H,7-10,12H2,1-6H3. The van der Waals surface area contributed by atoms with Crippen molar-refractivity contribution in [1.29, 1.82) is 0 Å². The lowest BCUT2D eigenvalue weighted by Crippen LogP contribution is -2.14. The van der Waals surface area contributed by atoms with Gasteiger partial charge in [0.05, 0.1) is 0 Å². The van der Waals surface area contributed by atoms with Gasteiger partial charge in [0, 0.05) is 0 Å². The zero-order chi connectivity index (χ0) is 15.3. The van der Waals surface area contributed by atoms with Crippen LogP contribution in [0, 0.1) is 18.7 Å². The molecule has 0 N–H and O–H groups in total. The maximum atomic E-state index is 14.4. The first-order chi connectivity index (χ1) is 9.29. The van der Waals surface area contributed by atoms with Crippen molar-refractivity contribution < 1.29 is 4.39 Å². The lowest BCUT2D eigenvalue weighted by molar-refractivity contribution is 0.438. The Morgan fingerprint density at radius 3 is 2.30 bits per heavy atom. The average Bonchev–Trinajstić information content (AvgIpc) is 2.37. The summed E-state index contributed by atoms with van der Waals surface area (Å²) in [5.41, 5.74) is 3.03. The van der Waals surface area contributed by atoms with E-state index >= 15 is 0 Å². The van der Waals surface area contributed by atoms with Gasteiger partial charge < -0.3 is 0 Å². The van der Waals surface area contributed by atoms with Crippen LogP contribution in [0.4, 0.5) is 4.39 Å². The second kappa shape index (κ2) is 7.24. The van der Waals surface area contributed by atoms with Gasteiger partial charge in [0.2, 0.25) is 0 Å². The molecule has 114 valence electrons. The monoisotopic (exact) mass is 278 g/mol. The first-order valence-corrected chi connectivity index (χ1v) is 8.09. The molecule has 0 nitrogen and oxygen atoms in total. The van der Waals surface area contributed by atoms with E-state index in [-0.39, 0.29) is 11.2 Å². The van der Waals surface area contributed by atoms with Gasteiger partial charge >= 0.3 is 0 Å². The zero-order valence-corrected chi connectivity index (χ0v) is 14.1. The Hall–Kier alpha value is -0.850. The van der Waals surface area contributed by atoms with Crippen molar-refractivity contribution in [2.24, 2.45) is 5.92 Å². The van der Waals surface area contributed by atoms with Gasteiger partial charge in [-0.05, 0) is 41.4 Å². The van der Waals surface area contributed by atoms with Gasteiger partial charge in [0.15, 0.2) is 0 Å². The summed E-state index contributed by atoms with van der Waals surface area (Å²) >= 11 is 0. The molecule has 1 unspecified atom stereocenters. The highest BCUT2D eigenvalue weighted by Crippen LogP contribution is 2.29. The van der Waals surface area contributed by atoms with Crippen LogP contribution in [0.5, 0.6) is 0 Å². The molecular weight excluding hydrogens is 247 g/mol. The van der Waals surface area contributed by atoms with Gasteiger partial charge in [0.1, 0.15) is 5.82 Å². The van der Waals surface area contributed by atoms with Gasteiger partial charge in [-0.15, -0.1) is 0 Å². The summed E-state index contributed by atoms with van der Waals surface area (Å²) < 4.78 is 14.4. The fourth-order valence-electron chi connectivity index (χ4n) is 2.68. The zero-order valence-electron chi connectivity index (χ0n) is 14.1. The summed E-state index contributed by atoms with van der Waals surface area (Å²) in [5, 5.41) is 0. The van der Waals surface area contributed by atoms with Crippen LogP contribution in [0.25, 0.3) is 0 Å². The number of benzene rings is 1. The molecule has 1 rings (SSSR count). The number of aryl methyl sites for hydroxylation is 1. The van der Waals surface area contributed by atoms with Crippen molar-refractivity contribution in [3.8, 4) is 0 Å². The summed E-state index contributed by atoms with van der Waals surface area (Å²) in [6, 6.07) is 4.10. The Morgan fingerprint density at radius 1 is 1.15 bits per heavy atom. The number of rotatable bonds is 6. The maximum Gasteiger partial charge on any atom is 0.129 e. The van der Waals surface area contributed by atoms with Gasteiger partial charge in [-0.1, -0.05) is 72.4 Å². The van der Waals surface area contributed by atoms with Gasteiger partial charge in [-0.3, -0.25) is 0 Å². The fourth-order valence-corrected chi connectivity index (χ4v) is 2.68. The highest BCUT2D eigenvalue weighted by Gasteiger charge is 2.19. The van der Waals surface area contributed by atoms with E-state index in [0.717, 1.165) is 24.0 Å². The van der Waals surface area contributed by atoms with Crippen molar-refractivity contribution in [2.75, 3.05) is 0 Å². The fraction of sp³-hybridized carbons (Fsp3) is 0.684. The SMILES string of the molecule is CCCCC(CC)Cc1cc(C(C)(C)C)cc(C)c1F. The van der Waals surface area contributed by atoms with Crippen molar-refractivity contribution in [3.05, 3.63) is 34.6 Å². The summed E-state index contributed by atoms with van der Waals surface area (Å²) in [7, 11) is 0. The number of halogens is 1. The van der Waals surface area contributed by atoms with E-state index in [1.54, 1.807) is 0 Å². The summed E-state index contributed by atoms with van der Waals surface area (Å²) in [4.78, 5) is 0. The van der Waals surface area contributed by atoms with Crippen molar-refractivity contribution in [3.63, 3.8) is 0 Å². The molecule has 0 aromatic heterocycles. The lowest BCUT2D eigenvalue weighted by atomic mass is 9.83. The van der Waals surface area contributed by atoms with Gasteiger partial charge in [-0.2, -0.15) is 0 Å². The summed E-state index contributed by atoms with van der Waals surface area (Å²) in [5.74, 6) is 0.618. The van der Waals surface area contributed by atoms with Crippen LogP contribution < -0.4 is 0 Å². The molecule has 0 amide bonds. The van der Waals surface area contributed by atoms with Crippen molar-refractivity contribution in [2.45, 2.75) is 79.1 Å². The lowest BCUT2D eigenvalue weighted by Gasteiger charge is -2.23. The van der Waals surface area contributed by atoms with E-state index in [2.05, 4.69) is 40.7 Å². The molecule has 0 fully saturated rings. The molecule has 0 aliphatic heterocycles. The van der Waals surface area contributed by atoms with Gasteiger partial charge in [-0.25, -0.2) is 4.39 Å². The summed E-state index contributed by atoms with van der Waals surface area (Å²) in [6.07, 6.45) is 5.70. The van der Waals surface area contributed by atoms with Crippen LogP contribution in [-0.4, -0.2) is 0 Å².